The lowest BCUT2D eigenvalue weighted by Gasteiger charge is -2.33. The van der Waals surface area contributed by atoms with E-state index in [2.05, 4.69) is 10.2 Å². The molecule has 2 unspecified atom stereocenters. The van der Waals surface area contributed by atoms with Crippen molar-refractivity contribution in [2.45, 2.75) is 65.0 Å². The summed E-state index contributed by atoms with van der Waals surface area (Å²) in [6, 6.07) is 3.64. The number of carbonyl (C=O) groups excluding carboxylic acids is 1. The summed E-state index contributed by atoms with van der Waals surface area (Å²) in [6.07, 6.45) is 1.30. The monoisotopic (exact) mass is 465 g/mol. The molecule has 1 saturated heterocycles. The zero-order chi connectivity index (χ0) is 24.2. The summed E-state index contributed by atoms with van der Waals surface area (Å²) < 4.78 is 35.7. The highest BCUT2D eigenvalue weighted by Gasteiger charge is 2.68. The number of amides is 1. The first-order chi connectivity index (χ1) is 15.3. The van der Waals surface area contributed by atoms with Crippen LogP contribution in [0.1, 0.15) is 47.0 Å². The molecule has 2 aromatic rings. The number of piperidine rings is 1. The fourth-order valence-corrected chi connectivity index (χ4v) is 4.54. The predicted octanol–water partition coefficient (Wildman–Crippen LogP) is 3.52. The van der Waals surface area contributed by atoms with Gasteiger partial charge in [0.25, 0.3) is 5.92 Å². The van der Waals surface area contributed by atoms with E-state index in [1.165, 1.54) is 16.1 Å². The van der Waals surface area contributed by atoms with Gasteiger partial charge < -0.3 is 15.0 Å². The Kier molecular flexibility index (Phi) is 5.69. The molecule has 0 bridgehead atoms. The first kappa shape index (κ1) is 23.5. The number of aryl methyl sites for hydroxylation is 1. The minimum atomic E-state index is -2.74. The summed E-state index contributed by atoms with van der Waals surface area (Å²) in [6.45, 7) is 9.01. The normalized spacial score (nSPS) is 24.7. The molecule has 33 heavy (non-hydrogen) atoms. The summed E-state index contributed by atoms with van der Waals surface area (Å²) >= 11 is 0. The number of hydrogen-bond donors (Lipinski definition) is 1. The van der Waals surface area contributed by atoms with Crippen molar-refractivity contribution in [1.82, 2.24) is 19.4 Å². The molecule has 0 aromatic carbocycles. The van der Waals surface area contributed by atoms with Crippen LogP contribution in [0.25, 0.3) is 11.2 Å². The number of ether oxygens (including phenoxy) is 1. The highest BCUT2D eigenvalue weighted by atomic mass is 19.3. The van der Waals surface area contributed by atoms with Crippen LogP contribution in [0.5, 0.6) is 0 Å². The van der Waals surface area contributed by atoms with Crippen LogP contribution in [0.3, 0.4) is 0 Å². The van der Waals surface area contributed by atoms with E-state index in [0.717, 1.165) is 25.2 Å². The van der Waals surface area contributed by atoms with Crippen LogP contribution in [0.4, 0.5) is 19.4 Å². The van der Waals surface area contributed by atoms with Crippen molar-refractivity contribution >= 4 is 23.1 Å². The van der Waals surface area contributed by atoms with Gasteiger partial charge in [-0.15, -0.1) is 0 Å². The van der Waals surface area contributed by atoms with Crippen molar-refractivity contribution in [3.05, 3.63) is 22.6 Å². The second kappa shape index (κ2) is 7.99. The Bertz CT molecular complexity index is 1120. The van der Waals surface area contributed by atoms with E-state index in [1.807, 2.05) is 26.8 Å². The van der Waals surface area contributed by atoms with Gasteiger partial charge >= 0.3 is 11.8 Å². The number of nitrogens with zero attached hydrogens (tertiary/aromatic N) is 4. The summed E-state index contributed by atoms with van der Waals surface area (Å²) in [7, 11) is 1.62. The molecule has 2 fully saturated rings. The molecule has 0 radical (unpaired) electrons. The predicted molar refractivity (Wildman–Crippen MR) is 122 cm³/mol. The maximum atomic E-state index is 13.8. The Morgan fingerprint density at radius 3 is 2.67 bits per heavy atom. The number of anilines is 1. The number of alkyl halides is 2. The van der Waals surface area contributed by atoms with Crippen molar-refractivity contribution < 1.29 is 18.3 Å². The number of alkyl carbamates (subject to hydrolysis) is 1. The average Bonchev–Trinajstić information content (AvgIpc) is 3.15. The molecule has 2 aromatic heterocycles. The standard InChI is InChI=1S/C23H33F2N5O3/c1-21(2,3)33-19(31)26-11-15-7-6-10-29(12-15)17-9-8-16-18(27-17)28(5)20(32)30(16)14-22(4)13-23(22,24)25/h8-9,15H,6-7,10-14H2,1-5H3,(H,26,31). The average molecular weight is 466 g/mol. The number of pyridine rings is 1. The van der Waals surface area contributed by atoms with Crippen molar-refractivity contribution in [1.29, 1.82) is 0 Å². The first-order valence-corrected chi connectivity index (χ1v) is 11.5. The van der Waals surface area contributed by atoms with Gasteiger partial charge in [-0.1, -0.05) is 6.92 Å². The molecule has 1 aliphatic carbocycles. The molecular weight excluding hydrogens is 432 g/mol. The van der Waals surface area contributed by atoms with Crippen LogP contribution in [0.2, 0.25) is 0 Å². The van der Waals surface area contributed by atoms with Gasteiger partial charge in [0.15, 0.2) is 5.65 Å². The SMILES string of the molecule is Cn1c(=O)n(CC2(C)CC2(F)F)c2ccc(N3CCCC(CNC(=O)OC(C)(C)C)C3)nc21. The second-order valence-electron chi connectivity index (χ2n) is 10.7. The van der Waals surface area contributed by atoms with Crippen LogP contribution < -0.4 is 15.9 Å². The van der Waals surface area contributed by atoms with E-state index in [4.69, 9.17) is 9.72 Å². The number of nitrogens with one attached hydrogen (secondary N) is 1. The van der Waals surface area contributed by atoms with Crippen LogP contribution >= 0.6 is 0 Å². The largest absolute Gasteiger partial charge is 0.444 e. The van der Waals surface area contributed by atoms with E-state index < -0.39 is 23.0 Å². The molecule has 2 aliphatic rings. The van der Waals surface area contributed by atoms with Gasteiger partial charge in [-0.3, -0.25) is 9.13 Å². The fraction of sp³-hybridized carbons (Fsp3) is 0.696. The Hall–Kier alpha value is -2.65. The molecule has 182 valence electrons. The maximum absolute atomic E-state index is 13.8. The smallest absolute Gasteiger partial charge is 0.407 e. The number of aromatic nitrogens is 3. The summed E-state index contributed by atoms with van der Waals surface area (Å²) in [5.41, 5.74) is -1.02. The third kappa shape index (κ3) is 4.70. The molecule has 1 amide bonds. The first-order valence-electron chi connectivity index (χ1n) is 11.5. The quantitative estimate of drug-likeness (QED) is 0.731. The highest BCUT2D eigenvalue weighted by Crippen LogP contribution is 2.61. The Labute approximate surface area is 191 Å². The molecule has 10 heteroatoms. The molecular formula is C23H33F2N5O3. The van der Waals surface area contributed by atoms with E-state index in [0.29, 0.717) is 24.3 Å². The van der Waals surface area contributed by atoms with E-state index in [-0.39, 0.29) is 24.6 Å². The lowest BCUT2D eigenvalue weighted by Crippen LogP contribution is -2.42. The van der Waals surface area contributed by atoms with Gasteiger partial charge in [-0.25, -0.2) is 23.4 Å². The van der Waals surface area contributed by atoms with Crippen molar-refractivity contribution in [3.63, 3.8) is 0 Å². The van der Waals surface area contributed by atoms with Gasteiger partial charge in [-0.2, -0.15) is 0 Å². The molecule has 3 heterocycles. The van der Waals surface area contributed by atoms with Gasteiger partial charge in [-0.05, 0) is 51.7 Å². The highest BCUT2D eigenvalue weighted by molar-refractivity contribution is 5.74. The van der Waals surface area contributed by atoms with Gasteiger partial charge in [0.1, 0.15) is 11.4 Å². The number of halogens is 2. The molecule has 8 nitrogen and oxygen atoms in total. The zero-order valence-corrected chi connectivity index (χ0v) is 20.0. The molecule has 2 atom stereocenters. The summed E-state index contributed by atoms with van der Waals surface area (Å²) in [5, 5.41) is 2.85. The van der Waals surface area contributed by atoms with Crippen LogP contribution in [0.15, 0.2) is 16.9 Å². The number of fused-ring (bicyclic) bond motifs is 1. The van der Waals surface area contributed by atoms with Crippen LogP contribution in [-0.2, 0) is 18.3 Å². The Morgan fingerprint density at radius 2 is 2.03 bits per heavy atom. The fourth-order valence-electron chi connectivity index (χ4n) is 4.54. The lowest BCUT2D eigenvalue weighted by atomic mass is 9.98. The molecule has 4 rings (SSSR count). The summed E-state index contributed by atoms with van der Waals surface area (Å²) in [5.74, 6) is -1.76. The Morgan fingerprint density at radius 1 is 1.33 bits per heavy atom. The lowest BCUT2D eigenvalue weighted by molar-refractivity contribution is 0.0517. The molecule has 0 spiro atoms. The van der Waals surface area contributed by atoms with Crippen LogP contribution in [-0.4, -0.2) is 51.4 Å². The van der Waals surface area contributed by atoms with E-state index in [9.17, 15) is 18.4 Å². The van der Waals surface area contributed by atoms with Gasteiger partial charge in [0, 0.05) is 39.6 Å². The number of carbonyl (C=O) groups is 1. The summed E-state index contributed by atoms with van der Waals surface area (Å²) in [4.78, 5) is 31.6. The Balaban J connectivity index is 1.48. The number of hydrogen-bond acceptors (Lipinski definition) is 5. The third-order valence-electron chi connectivity index (χ3n) is 6.62. The minimum absolute atomic E-state index is 0.0284. The third-order valence-corrected chi connectivity index (χ3v) is 6.62. The topological polar surface area (TPSA) is 81.4 Å². The van der Waals surface area contributed by atoms with E-state index in [1.54, 1.807) is 13.1 Å². The number of rotatable bonds is 5. The van der Waals surface area contributed by atoms with Gasteiger partial charge in [0.2, 0.25) is 0 Å². The minimum Gasteiger partial charge on any atom is -0.444 e. The maximum Gasteiger partial charge on any atom is 0.407 e. The van der Waals surface area contributed by atoms with Crippen molar-refractivity contribution in [2.24, 2.45) is 18.4 Å². The van der Waals surface area contributed by atoms with Crippen LogP contribution in [0, 0.1) is 11.3 Å². The van der Waals surface area contributed by atoms with E-state index >= 15 is 0 Å². The second-order valence-corrected chi connectivity index (χ2v) is 10.7. The molecule has 1 N–H and O–H groups in total. The number of imidazole rings is 1. The zero-order valence-electron chi connectivity index (χ0n) is 20.0. The van der Waals surface area contributed by atoms with Gasteiger partial charge in [0.05, 0.1) is 10.9 Å². The van der Waals surface area contributed by atoms with Crippen molar-refractivity contribution in [3.8, 4) is 0 Å². The molecule has 1 saturated carbocycles. The molecule has 1 aliphatic heterocycles. The van der Waals surface area contributed by atoms with Crippen molar-refractivity contribution in [2.75, 3.05) is 24.5 Å².